The van der Waals surface area contributed by atoms with Gasteiger partial charge in [-0.2, -0.15) is 0 Å². The Hall–Kier alpha value is 0.150. The molecule has 0 aromatic carbocycles. The maximum absolute atomic E-state index is 11.3. The lowest BCUT2D eigenvalue weighted by molar-refractivity contribution is 0.671. The standard InChI is InChI=1S/C7H18OS/c1-4-6-7-9(3,8)5-2/h9H,4-7H2,1-3H3. The van der Waals surface area contributed by atoms with Crippen LogP contribution in [0.4, 0.5) is 0 Å². The van der Waals surface area contributed by atoms with Crippen molar-refractivity contribution >= 4 is 9.93 Å². The van der Waals surface area contributed by atoms with E-state index in [1.54, 1.807) is 0 Å². The van der Waals surface area contributed by atoms with E-state index in [9.17, 15) is 4.21 Å². The summed E-state index contributed by atoms with van der Waals surface area (Å²) in [6, 6.07) is 0. The lowest BCUT2D eigenvalue weighted by atomic mass is 10.4. The first kappa shape index (κ1) is 9.15. The Morgan fingerprint density at radius 3 is 2.22 bits per heavy atom. The van der Waals surface area contributed by atoms with Crippen molar-refractivity contribution in [1.82, 2.24) is 0 Å². The maximum Gasteiger partial charge on any atom is 0.00100 e. The van der Waals surface area contributed by atoms with E-state index in [1.807, 2.05) is 13.2 Å². The molecule has 9 heavy (non-hydrogen) atoms. The molecule has 0 unspecified atom stereocenters. The van der Waals surface area contributed by atoms with Crippen LogP contribution < -0.4 is 0 Å². The Morgan fingerprint density at radius 2 is 1.89 bits per heavy atom. The molecule has 0 saturated carbocycles. The Labute approximate surface area is 59.3 Å². The summed E-state index contributed by atoms with van der Waals surface area (Å²) >= 11 is 0. The number of rotatable bonds is 4. The highest BCUT2D eigenvalue weighted by atomic mass is 32.2. The molecule has 0 fully saturated rings. The van der Waals surface area contributed by atoms with Gasteiger partial charge in [0.25, 0.3) is 0 Å². The Kier molecular flexibility index (Phi) is 4.11. The van der Waals surface area contributed by atoms with Gasteiger partial charge in [0.05, 0.1) is 0 Å². The molecule has 0 N–H and O–H groups in total. The maximum atomic E-state index is 11.3. The summed E-state index contributed by atoms with van der Waals surface area (Å²) in [4.78, 5) is 0. The van der Waals surface area contributed by atoms with Crippen molar-refractivity contribution in [3.63, 3.8) is 0 Å². The lowest BCUT2D eigenvalue weighted by Gasteiger charge is -2.14. The molecule has 0 aromatic rings. The monoisotopic (exact) mass is 150 g/mol. The van der Waals surface area contributed by atoms with Crippen LogP contribution in [0.2, 0.25) is 0 Å². The van der Waals surface area contributed by atoms with Gasteiger partial charge in [-0.05, 0) is 18.4 Å². The fourth-order valence-corrected chi connectivity index (χ4v) is 1.95. The Bertz CT molecular complexity index is 109. The van der Waals surface area contributed by atoms with Crippen molar-refractivity contribution in [1.29, 1.82) is 0 Å². The van der Waals surface area contributed by atoms with Crippen molar-refractivity contribution in [3.8, 4) is 0 Å². The fraction of sp³-hybridized carbons (Fsp3) is 1.00. The SMILES string of the molecule is CCCC[SH](C)(=O)CC. The van der Waals surface area contributed by atoms with E-state index in [0.717, 1.165) is 24.3 Å². The molecule has 0 aromatic heterocycles. The van der Waals surface area contributed by atoms with E-state index in [2.05, 4.69) is 6.92 Å². The molecule has 0 spiro atoms. The first-order chi connectivity index (χ1) is 4.12. The quantitative estimate of drug-likeness (QED) is 0.600. The highest BCUT2D eigenvalue weighted by Gasteiger charge is 2.02. The smallest absolute Gasteiger partial charge is 0.00100 e. The Balaban J connectivity index is 3.46. The normalized spacial score (nSPS) is 13.7. The van der Waals surface area contributed by atoms with Gasteiger partial charge in [0.15, 0.2) is 0 Å². The summed E-state index contributed by atoms with van der Waals surface area (Å²) in [5.41, 5.74) is 0. The van der Waals surface area contributed by atoms with Crippen LogP contribution in [0.25, 0.3) is 0 Å². The third kappa shape index (κ3) is 4.64. The molecule has 0 rings (SSSR count). The zero-order valence-electron chi connectivity index (χ0n) is 6.68. The predicted molar refractivity (Wildman–Crippen MR) is 45.8 cm³/mol. The van der Waals surface area contributed by atoms with Crippen LogP contribution in [0, 0.1) is 0 Å². The summed E-state index contributed by atoms with van der Waals surface area (Å²) < 4.78 is 11.3. The van der Waals surface area contributed by atoms with Gasteiger partial charge < -0.3 is 0 Å². The summed E-state index contributed by atoms with van der Waals surface area (Å²) in [6.07, 6.45) is 4.20. The molecule has 0 radical (unpaired) electrons. The fourth-order valence-electron chi connectivity index (χ4n) is 0.651. The molecule has 0 bridgehead atoms. The van der Waals surface area contributed by atoms with Gasteiger partial charge >= 0.3 is 0 Å². The van der Waals surface area contributed by atoms with Crippen molar-refractivity contribution in [2.75, 3.05) is 17.8 Å². The van der Waals surface area contributed by atoms with Crippen LogP contribution in [-0.2, 0) is 9.93 Å². The third-order valence-electron chi connectivity index (χ3n) is 1.65. The second kappa shape index (κ2) is 4.04. The van der Waals surface area contributed by atoms with Crippen molar-refractivity contribution in [2.45, 2.75) is 26.7 Å². The van der Waals surface area contributed by atoms with Crippen molar-refractivity contribution < 1.29 is 4.21 Å². The van der Waals surface area contributed by atoms with E-state index >= 15 is 0 Å². The van der Waals surface area contributed by atoms with Gasteiger partial charge in [0.1, 0.15) is 0 Å². The van der Waals surface area contributed by atoms with Gasteiger partial charge in [0, 0.05) is 5.75 Å². The molecule has 0 aliphatic heterocycles. The minimum Gasteiger partial charge on any atom is -0.285 e. The van der Waals surface area contributed by atoms with E-state index in [1.165, 1.54) is 0 Å². The molecular weight excluding hydrogens is 132 g/mol. The number of unbranched alkanes of at least 4 members (excludes halogenated alkanes) is 1. The zero-order valence-corrected chi connectivity index (χ0v) is 7.58. The summed E-state index contributed by atoms with van der Waals surface area (Å²) in [6.45, 7) is 4.14. The molecule has 0 atom stereocenters. The first-order valence-electron chi connectivity index (χ1n) is 3.68. The third-order valence-corrected chi connectivity index (χ3v) is 4.25. The molecule has 0 aliphatic carbocycles. The largest absolute Gasteiger partial charge is 0.285 e. The minimum absolute atomic E-state index is 0.868. The van der Waals surface area contributed by atoms with Crippen molar-refractivity contribution in [3.05, 3.63) is 0 Å². The van der Waals surface area contributed by atoms with Gasteiger partial charge in [-0.1, -0.05) is 20.3 Å². The minimum atomic E-state index is -1.69. The van der Waals surface area contributed by atoms with Crippen LogP contribution >= 0.6 is 0 Å². The van der Waals surface area contributed by atoms with E-state index in [0.29, 0.717) is 0 Å². The summed E-state index contributed by atoms with van der Waals surface area (Å²) in [5.74, 6) is 1.81. The van der Waals surface area contributed by atoms with Gasteiger partial charge in [-0.15, -0.1) is 9.93 Å². The number of hydrogen-bond donors (Lipinski definition) is 1. The predicted octanol–water partition coefficient (Wildman–Crippen LogP) is 1.45. The van der Waals surface area contributed by atoms with E-state index < -0.39 is 9.93 Å². The highest BCUT2D eigenvalue weighted by molar-refractivity contribution is 8.02. The summed E-state index contributed by atoms with van der Waals surface area (Å²) in [7, 11) is -1.69. The average Bonchev–Trinajstić information content (AvgIpc) is 1.84. The van der Waals surface area contributed by atoms with E-state index in [4.69, 9.17) is 0 Å². The molecule has 58 valence electrons. The number of hydrogen-bond acceptors (Lipinski definition) is 1. The van der Waals surface area contributed by atoms with Crippen LogP contribution in [0.3, 0.4) is 0 Å². The highest BCUT2D eigenvalue weighted by Crippen LogP contribution is 2.02. The average molecular weight is 150 g/mol. The molecule has 0 aliphatic rings. The molecule has 2 heteroatoms. The molecular formula is C7H18OS. The lowest BCUT2D eigenvalue weighted by Crippen LogP contribution is -2.16. The van der Waals surface area contributed by atoms with Crippen LogP contribution in [0.5, 0.6) is 0 Å². The summed E-state index contributed by atoms with van der Waals surface area (Å²) in [5, 5.41) is 0. The molecule has 0 amide bonds. The van der Waals surface area contributed by atoms with E-state index in [-0.39, 0.29) is 0 Å². The van der Waals surface area contributed by atoms with Gasteiger partial charge in [-0.25, -0.2) is 0 Å². The second-order valence-electron chi connectivity index (χ2n) is 2.69. The topological polar surface area (TPSA) is 17.1 Å². The number of thiol groups is 1. The Morgan fingerprint density at radius 1 is 1.33 bits per heavy atom. The first-order valence-corrected chi connectivity index (χ1v) is 6.20. The van der Waals surface area contributed by atoms with Gasteiger partial charge in [-0.3, -0.25) is 4.21 Å². The van der Waals surface area contributed by atoms with Crippen molar-refractivity contribution in [2.24, 2.45) is 0 Å². The van der Waals surface area contributed by atoms with Crippen LogP contribution in [-0.4, -0.2) is 22.0 Å². The van der Waals surface area contributed by atoms with Gasteiger partial charge in [0.2, 0.25) is 0 Å². The van der Waals surface area contributed by atoms with Crippen LogP contribution in [0.15, 0.2) is 0 Å². The second-order valence-corrected chi connectivity index (χ2v) is 6.36. The van der Waals surface area contributed by atoms with Crippen LogP contribution in [0.1, 0.15) is 26.7 Å². The molecule has 1 nitrogen and oxygen atoms in total. The zero-order chi connectivity index (χ0) is 7.33. The molecule has 0 saturated heterocycles. The molecule has 0 heterocycles.